The first kappa shape index (κ1) is 12.2. The van der Waals surface area contributed by atoms with Crippen molar-refractivity contribution < 1.29 is 4.79 Å². The van der Waals surface area contributed by atoms with Crippen LogP contribution in [-0.4, -0.2) is 48.7 Å². The maximum Gasteiger partial charge on any atom is 0.267 e. The Hall–Kier alpha value is -1.83. The van der Waals surface area contributed by atoms with Crippen molar-refractivity contribution in [2.75, 3.05) is 13.1 Å². The molecule has 1 unspecified atom stereocenters. The lowest BCUT2D eigenvalue weighted by Crippen LogP contribution is -2.28. The van der Waals surface area contributed by atoms with Gasteiger partial charge in [-0.2, -0.15) is 5.10 Å². The van der Waals surface area contributed by atoms with Crippen molar-refractivity contribution in [1.29, 1.82) is 0 Å². The fourth-order valence-electron chi connectivity index (χ4n) is 2.27. The highest BCUT2D eigenvalue weighted by molar-refractivity contribution is 7.07. The van der Waals surface area contributed by atoms with Crippen LogP contribution in [0.4, 0.5) is 0 Å². The van der Waals surface area contributed by atoms with E-state index in [1.54, 1.807) is 0 Å². The number of aromatic amines is 1. The summed E-state index contributed by atoms with van der Waals surface area (Å²) in [6.07, 6.45) is 0.897. The summed E-state index contributed by atoms with van der Waals surface area (Å²) < 4.78 is 3.81. The van der Waals surface area contributed by atoms with E-state index >= 15 is 0 Å². The Morgan fingerprint density at radius 2 is 2.32 bits per heavy atom. The Bertz CT molecular complexity index is 606. The monoisotopic (exact) mass is 278 g/mol. The zero-order chi connectivity index (χ0) is 13.4. The summed E-state index contributed by atoms with van der Waals surface area (Å²) in [7, 11) is 0. The van der Waals surface area contributed by atoms with Crippen molar-refractivity contribution in [3.63, 3.8) is 0 Å². The average Bonchev–Trinajstić information content (AvgIpc) is 3.07. The molecule has 0 bridgehead atoms. The van der Waals surface area contributed by atoms with Crippen LogP contribution in [0.15, 0.2) is 0 Å². The number of likely N-dealkylation sites (tertiary alicyclic amines) is 1. The van der Waals surface area contributed by atoms with Crippen LogP contribution >= 0.6 is 11.5 Å². The molecule has 0 radical (unpaired) electrons. The molecule has 3 heterocycles. The average molecular weight is 278 g/mol. The Balaban J connectivity index is 1.72. The van der Waals surface area contributed by atoms with Gasteiger partial charge in [0.2, 0.25) is 0 Å². The summed E-state index contributed by atoms with van der Waals surface area (Å²) in [6.45, 7) is 5.07. The van der Waals surface area contributed by atoms with Gasteiger partial charge in [-0.3, -0.25) is 9.89 Å². The van der Waals surface area contributed by atoms with Gasteiger partial charge in [-0.1, -0.05) is 4.49 Å². The van der Waals surface area contributed by atoms with E-state index in [9.17, 15) is 4.79 Å². The lowest BCUT2D eigenvalue weighted by molar-refractivity contribution is 0.0794. The maximum absolute atomic E-state index is 12.3. The first-order chi connectivity index (χ1) is 9.15. The van der Waals surface area contributed by atoms with E-state index in [1.807, 2.05) is 18.7 Å². The number of aryl methyl sites for hydroxylation is 2. The SMILES string of the molecule is Cc1nc(C2CCN(C(=O)c3snnc3C)C2)n[nH]1. The van der Waals surface area contributed by atoms with Crippen LogP contribution in [-0.2, 0) is 0 Å². The molecule has 1 aliphatic heterocycles. The Morgan fingerprint density at radius 3 is 2.95 bits per heavy atom. The third-order valence-electron chi connectivity index (χ3n) is 3.30. The minimum atomic E-state index is 0.0160. The molecule has 1 fully saturated rings. The second-order valence-corrected chi connectivity index (χ2v) is 5.46. The Labute approximate surface area is 114 Å². The number of carbonyl (C=O) groups is 1. The predicted molar refractivity (Wildman–Crippen MR) is 69.0 cm³/mol. The summed E-state index contributed by atoms with van der Waals surface area (Å²) in [6, 6.07) is 0. The summed E-state index contributed by atoms with van der Waals surface area (Å²) >= 11 is 1.16. The van der Waals surface area contributed by atoms with Crippen LogP contribution in [0.3, 0.4) is 0 Å². The number of aromatic nitrogens is 5. The lowest BCUT2D eigenvalue weighted by atomic mass is 10.1. The summed E-state index contributed by atoms with van der Waals surface area (Å²) in [5.41, 5.74) is 0.701. The lowest BCUT2D eigenvalue weighted by Gasteiger charge is -2.14. The molecule has 1 atom stereocenters. The van der Waals surface area contributed by atoms with E-state index in [-0.39, 0.29) is 11.8 Å². The van der Waals surface area contributed by atoms with Crippen molar-refractivity contribution in [1.82, 2.24) is 29.7 Å². The molecule has 0 saturated carbocycles. The van der Waals surface area contributed by atoms with Gasteiger partial charge in [0.15, 0.2) is 5.82 Å². The molecule has 1 amide bonds. The third kappa shape index (κ3) is 2.23. The van der Waals surface area contributed by atoms with E-state index in [4.69, 9.17) is 0 Å². The van der Waals surface area contributed by atoms with Crippen molar-refractivity contribution in [3.05, 3.63) is 22.2 Å². The molecule has 8 heteroatoms. The first-order valence-corrected chi connectivity index (χ1v) is 6.89. The molecule has 0 aliphatic carbocycles. The number of rotatable bonds is 2. The van der Waals surface area contributed by atoms with Gasteiger partial charge in [0.05, 0.1) is 5.69 Å². The quantitative estimate of drug-likeness (QED) is 0.882. The van der Waals surface area contributed by atoms with Crippen LogP contribution in [0.25, 0.3) is 0 Å². The van der Waals surface area contributed by atoms with Crippen LogP contribution in [0.2, 0.25) is 0 Å². The van der Waals surface area contributed by atoms with Gasteiger partial charge in [-0.05, 0) is 31.8 Å². The summed E-state index contributed by atoms with van der Waals surface area (Å²) in [5, 5.41) is 10.9. The molecule has 0 aromatic carbocycles. The fourth-order valence-corrected chi connectivity index (χ4v) is 2.89. The van der Waals surface area contributed by atoms with Gasteiger partial charge in [-0.15, -0.1) is 5.10 Å². The third-order valence-corrected chi connectivity index (χ3v) is 4.12. The normalized spacial score (nSPS) is 19.1. The highest BCUT2D eigenvalue weighted by atomic mass is 32.1. The van der Waals surface area contributed by atoms with E-state index in [0.717, 1.165) is 36.1 Å². The highest BCUT2D eigenvalue weighted by Crippen LogP contribution is 2.26. The smallest absolute Gasteiger partial charge is 0.267 e. The first-order valence-electron chi connectivity index (χ1n) is 6.12. The molecule has 2 aromatic heterocycles. The number of H-pyrrole nitrogens is 1. The molecular formula is C11H14N6OS. The second-order valence-electron chi connectivity index (χ2n) is 4.70. The summed E-state index contributed by atoms with van der Waals surface area (Å²) in [4.78, 5) is 19.1. The van der Waals surface area contributed by atoms with E-state index in [2.05, 4.69) is 24.8 Å². The van der Waals surface area contributed by atoms with Gasteiger partial charge in [-0.25, -0.2) is 4.98 Å². The molecule has 7 nitrogen and oxygen atoms in total. The van der Waals surface area contributed by atoms with E-state index in [1.165, 1.54) is 0 Å². The zero-order valence-corrected chi connectivity index (χ0v) is 11.6. The number of hydrogen-bond acceptors (Lipinski definition) is 6. The molecule has 1 saturated heterocycles. The van der Waals surface area contributed by atoms with Crippen LogP contribution in [0.5, 0.6) is 0 Å². The highest BCUT2D eigenvalue weighted by Gasteiger charge is 2.31. The van der Waals surface area contributed by atoms with Gasteiger partial charge < -0.3 is 4.90 Å². The van der Waals surface area contributed by atoms with E-state index in [0.29, 0.717) is 17.1 Å². The van der Waals surface area contributed by atoms with Crippen molar-refractivity contribution in [2.24, 2.45) is 0 Å². The minimum absolute atomic E-state index is 0.0160. The molecule has 100 valence electrons. The molecule has 2 aromatic rings. The second kappa shape index (κ2) is 4.69. The molecule has 3 rings (SSSR count). The topological polar surface area (TPSA) is 87.7 Å². The Morgan fingerprint density at radius 1 is 1.47 bits per heavy atom. The van der Waals surface area contributed by atoms with Gasteiger partial charge >= 0.3 is 0 Å². The summed E-state index contributed by atoms with van der Waals surface area (Å²) in [5.74, 6) is 1.84. The predicted octanol–water partition coefficient (Wildman–Crippen LogP) is 0.903. The van der Waals surface area contributed by atoms with Crippen LogP contribution in [0.1, 0.15) is 39.4 Å². The van der Waals surface area contributed by atoms with Crippen LogP contribution < -0.4 is 0 Å². The number of nitrogens with one attached hydrogen (secondary N) is 1. The number of carbonyl (C=O) groups excluding carboxylic acids is 1. The molecule has 19 heavy (non-hydrogen) atoms. The fraction of sp³-hybridized carbons (Fsp3) is 0.545. The minimum Gasteiger partial charge on any atom is -0.337 e. The number of nitrogens with zero attached hydrogens (tertiary/aromatic N) is 5. The van der Waals surface area contributed by atoms with Crippen LogP contribution in [0, 0.1) is 13.8 Å². The maximum atomic E-state index is 12.3. The zero-order valence-electron chi connectivity index (χ0n) is 10.8. The molecule has 0 spiro atoms. The van der Waals surface area contributed by atoms with Gasteiger partial charge in [0.25, 0.3) is 5.91 Å². The largest absolute Gasteiger partial charge is 0.337 e. The Kier molecular flexibility index (Phi) is 3.02. The standard InChI is InChI=1S/C11H14N6OS/c1-6-9(19-16-13-6)11(18)17-4-3-8(5-17)10-12-7(2)14-15-10/h8H,3-5H2,1-2H3,(H,12,14,15). The van der Waals surface area contributed by atoms with Gasteiger partial charge in [0.1, 0.15) is 10.7 Å². The number of hydrogen-bond donors (Lipinski definition) is 1. The molecule has 1 aliphatic rings. The molecular weight excluding hydrogens is 264 g/mol. The van der Waals surface area contributed by atoms with Gasteiger partial charge in [0, 0.05) is 19.0 Å². The molecule has 1 N–H and O–H groups in total. The van der Waals surface area contributed by atoms with E-state index < -0.39 is 0 Å². The van der Waals surface area contributed by atoms with Crippen molar-refractivity contribution >= 4 is 17.4 Å². The number of amides is 1. The van der Waals surface area contributed by atoms with Crippen molar-refractivity contribution in [3.8, 4) is 0 Å². The van der Waals surface area contributed by atoms with Crippen molar-refractivity contribution in [2.45, 2.75) is 26.2 Å².